The van der Waals surface area contributed by atoms with Crippen LogP contribution >= 0.6 is 0 Å². The molecule has 2 rings (SSSR count). The summed E-state index contributed by atoms with van der Waals surface area (Å²) in [6.07, 6.45) is -3.80. The predicted molar refractivity (Wildman–Crippen MR) is 93.4 cm³/mol. The van der Waals surface area contributed by atoms with Crippen molar-refractivity contribution in [2.24, 2.45) is 0 Å². The predicted octanol–water partition coefficient (Wildman–Crippen LogP) is 3.42. The molecular weight excluding hydrogens is 369 g/mol. The van der Waals surface area contributed by atoms with E-state index in [4.69, 9.17) is 0 Å². The largest absolute Gasteiger partial charge is 0.416 e. The Kier molecular flexibility index (Phi) is 5.60. The number of nitrogens with one attached hydrogen (secondary N) is 1. The van der Waals surface area contributed by atoms with Gasteiger partial charge in [-0.25, -0.2) is 8.42 Å². The molecule has 1 N–H and O–H groups in total. The number of halogens is 3. The topological polar surface area (TPSA) is 66.5 Å². The molecule has 26 heavy (non-hydrogen) atoms. The normalized spacial score (nSPS) is 11.9. The summed E-state index contributed by atoms with van der Waals surface area (Å²) in [5.74, 6) is -0.668. The van der Waals surface area contributed by atoms with Crippen molar-refractivity contribution < 1.29 is 26.4 Å². The summed E-state index contributed by atoms with van der Waals surface area (Å²) in [6.45, 7) is 1.18. The molecule has 0 atom stereocenters. The maximum atomic E-state index is 12.9. The van der Waals surface area contributed by atoms with Crippen molar-refractivity contribution in [2.45, 2.75) is 13.1 Å². The Labute approximate surface area is 149 Å². The van der Waals surface area contributed by atoms with Crippen LogP contribution in [0.2, 0.25) is 0 Å². The number of anilines is 2. The first-order valence-electron chi connectivity index (χ1n) is 7.48. The molecule has 0 fully saturated rings. The number of aryl methyl sites for hydroxylation is 1. The second-order valence-corrected chi connectivity index (χ2v) is 7.64. The third-order valence-corrected chi connectivity index (χ3v) is 4.59. The lowest BCUT2D eigenvalue weighted by molar-refractivity contribution is -0.137. The zero-order valence-corrected chi connectivity index (χ0v) is 14.9. The van der Waals surface area contributed by atoms with Crippen LogP contribution in [0.25, 0.3) is 0 Å². The van der Waals surface area contributed by atoms with E-state index in [2.05, 4.69) is 5.32 Å². The molecule has 0 heterocycles. The molecule has 2 aromatic carbocycles. The highest BCUT2D eigenvalue weighted by Crippen LogP contribution is 2.32. The third-order valence-electron chi connectivity index (χ3n) is 3.45. The number of carbonyl (C=O) groups is 1. The average Bonchev–Trinajstić information content (AvgIpc) is 2.51. The van der Waals surface area contributed by atoms with Gasteiger partial charge in [0.1, 0.15) is 6.54 Å². The van der Waals surface area contributed by atoms with Gasteiger partial charge < -0.3 is 5.32 Å². The van der Waals surface area contributed by atoms with E-state index >= 15 is 0 Å². The molecule has 0 bridgehead atoms. The van der Waals surface area contributed by atoms with Crippen LogP contribution in [0.15, 0.2) is 48.5 Å². The lowest BCUT2D eigenvalue weighted by Gasteiger charge is -2.22. The van der Waals surface area contributed by atoms with Crippen LogP contribution in [0.4, 0.5) is 24.5 Å². The number of benzene rings is 2. The van der Waals surface area contributed by atoms with Crippen molar-refractivity contribution in [1.29, 1.82) is 0 Å². The van der Waals surface area contributed by atoms with Crippen molar-refractivity contribution in [2.75, 3.05) is 22.4 Å². The Morgan fingerprint density at radius 2 is 1.77 bits per heavy atom. The molecule has 0 radical (unpaired) electrons. The highest BCUT2D eigenvalue weighted by Gasteiger charge is 2.32. The lowest BCUT2D eigenvalue weighted by atomic mass is 10.2. The summed E-state index contributed by atoms with van der Waals surface area (Å²) in [4.78, 5) is 12.2. The molecule has 0 aliphatic heterocycles. The van der Waals surface area contributed by atoms with E-state index < -0.39 is 34.2 Å². The summed E-state index contributed by atoms with van der Waals surface area (Å²) in [5, 5.41) is 2.53. The number of alkyl halides is 3. The van der Waals surface area contributed by atoms with Crippen LogP contribution in [0.1, 0.15) is 11.1 Å². The maximum Gasteiger partial charge on any atom is 0.416 e. The number of sulfonamides is 1. The summed E-state index contributed by atoms with van der Waals surface area (Å²) < 4.78 is 63.2. The quantitative estimate of drug-likeness (QED) is 0.856. The first kappa shape index (κ1) is 19.8. The zero-order chi connectivity index (χ0) is 19.5. The standard InChI is InChI=1S/C17H17F3N2O3S/c1-12-5-3-7-14(9-12)21-16(23)11-22(26(2,24)25)15-8-4-6-13(10-15)17(18,19)20/h3-10H,11H2,1-2H3,(H,21,23). The maximum absolute atomic E-state index is 12.9. The molecule has 140 valence electrons. The minimum absolute atomic E-state index is 0.235. The fourth-order valence-corrected chi connectivity index (χ4v) is 3.14. The van der Waals surface area contributed by atoms with Gasteiger partial charge in [-0.15, -0.1) is 0 Å². The van der Waals surface area contributed by atoms with Crippen LogP contribution in [0.3, 0.4) is 0 Å². The number of carbonyl (C=O) groups excluding carboxylic acids is 1. The Morgan fingerprint density at radius 1 is 1.12 bits per heavy atom. The van der Waals surface area contributed by atoms with Crippen molar-refractivity contribution >= 4 is 27.3 Å². The number of rotatable bonds is 5. The van der Waals surface area contributed by atoms with Gasteiger partial charge in [0, 0.05) is 5.69 Å². The van der Waals surface area contributed by atoms with Gasteiger partial charge >= 0.3 is 6.18 Å². The monoisotopic (exact) mass is 386 g/mol. The summed E-state index contributed by atoms with van der Waals surface area (Å²) in [5.41, 5.74) is 0.123. The van der Waals surface area contributed by atoms with Gasteiger partial charge in [0.2, 0.25) is 15.9 Å². The highest BCUT2D eigenvalue weighted by atomic mass is 32.2. The van der Waals surface area contributed by atoms with Gasteiger partial charge in [-0.3, -0.25) is 9.10 Å². The molecule has 1 amide bonds. The minimum atomic E-state index is -4.62. The molecule has 9 heteroatoms. The van der Waals surface area contributed by atoms with Crippen LogP contribution in [0, 0.1) is 6.92 Å². The smallest absolute Gasteiger partial charge is 0.325 e. The van der Waals surface area contributed by atoms with E-state index in [1.54, 1.807) is 18.2 Å². The van der Waals surface area contributed by atoms with Crippen molar-refractivity contribution in [3.63, 3.8) is 0 Å². The lowest BCUT2D eigenvalue weighted by Crippen LogP contribution is -2.37. The molecule has 0 aliphatic carbocycles. The van der Waals surface area contributed by atoms with E-state index in [9.17, 15) is 26.4 Å². The molecule has 0 saturated carbocycles. The Balaban J connectivity index is 2.28. The van der Waals surface area contributed by atoms with Crippen molar-refractivity contribution in [3.8, 4) is 0 Å². The molecule has 0 unspecified atom stereocenters. The second kappa shape index (κ2) is 7.36. The summed E-state index contributed by atoms with van der Waals surface area (Å²) in [6, 6.07) is 10.7. The van der Waals surface area contributed by atoms with Crippen LogP contribution in [-0.2, 0) is 21.0 Å². The molecule has 2 aromatic rings. The molecule has 0 aliphatic rings. The minimum Gasteiger partial charge on any atom is -0.325 e. The molecule has 5 nitrogen and oxygen atoms in total. The number of nitrogens with zero attached hydrogens (tertiary/aromatic N) is 1. The Bertz CT molecular complexity index is 911. The third kappa shape index (κ3) is 5.22. The van der Waals surface area contributed by atoms with Gasteiger partial charge in [0.05, 0.1) is 17.5 Å². The second-order valence-electron chi connectivity index (χ2n) is 5.74. The van der Waals surface area contributed by atoms with E-state index in [1.165, 1.54) is 6.07 Å². The Hall–Kier alpha value is -2.55. The van der Waals surface area contributed by atoms with Crippen molar-refractivity contribution in [1.82, 2.24) is 0 Å². The first-order chi connectivity index (χ1) is 12.0. The van der Waals surface area contributed by atoms with Gasteiger partial charge in [-0.05, 0) is 42.8 Å². The molecular formula is C17H17F3N2O3S. The van der Waals surface area contributed by atoms with Gasteiger partial charge in [-0.1, -0.05) is 18.2 Å². The number of hydrogen-bond acceptors (Lipinski definition) is 3. The van der Waals surface area contributed by atoms with E-state index in [0.717, 1.165) is 24.0 Å². The average molecular weight is 386 g/mol. The van der Waals surface area contributed by atoms with Crippen molar-refractivity contribution in [3.05, 3.63) is 59.7 Å². The fraction of sp³-hybridized carbons (Fsp3) is 0.235. The fourth-order valence-electron chi connectivity index (χ4n) is 2.29. The SMILES string of the molecule is Cc1cccc(NC(=O)CN(c2cccc(C(F)(F)F)c2)S(C)(=O)=O)c1. The zero-order valence-electron chi connectivity index (χ0n) is 14.0. The van der Waals surface area contributed by atoms with Crippen LogP contribution in [0.5, 0.6) is 0 Å². The molecule has 0 spiro atoms. The van der Waals surface area contributed by atoms with Gasteiger partial charge in [-0.2, -0.15) is 13.2 Å². The molecule has 0 saturated heterocycles. The van der Waals surface area contributed by atoms with E-state index in [0.29, 0.717) is 16.1 Å². The summed E-state index contributed by atoms with van der Waals surface area (Å²) in [7, 11) is -3.97. The van der Waals surface area contributed by atoms with Crippen LogP contribution < -0.4 is 9.62 Å². The molecule has 0 aromatic heterocycles. The number of amides is 1. The summed E-state index contributed by atoms with van der Waals surface area (Å²) >= 11 is 0. The van der Waals surface area contributed by atoms with E-state index in [-0.39, 0.29) is 5.69 Å². The van der Waals surface area contributed by atoms with E-state index in [1.807, 2.05) is 13.0 Å². The first-order valence-corrected chi connectivity index (χ1v) is 9.33. The Morgan fingerprint density at radius 3 is 2.35 bits per heavy atom. The van der Waals surface area contributed by atoms with Gasteiger partial charge in [0.25, 0.3) is 0 Å². The van der Waals surface area contributed by atoms with Gasteiger partial charge in [0.15, 0.2) is 0 Å². The highest BCUT2D eigenvalue weighted by molar-refractivity contribution is 7.92. The van der Waals surface area contributed by atoms with Crippen LogP contribution in [-0.4, -0.2) is 27.1 Å². The number of hydrogen-bond donors (Lipinski definition) is 1.